The predicted octanol–water partition coefficient (Wildman–Crippen LogP) is -3.19. The van der Waals surface area contributed by atoms with Crippen LogP contribution in [0.25, 0.3) is 0 Å². The van der Waals surface area contributed by atoms with Gasteiger partial charge in [0.25, 0.3) is 0 Å². The van der Waals surface area contributed by atoms with Gasteiger partial charge in [0.15, 0.2) is 0 Å². The van der Waals surface area contributed by atoms with Crippen molar-refractivity contribution in [3.63, 3.8) is 0 Å². The maximum atomic E-state index is 10.4. The van der Waals surface area contributed by atoms with E-state index in [2.05, 4.69) is 5.32 Å². The van der Waals surface area contributed by atoms with Crippen LogP contribution in [0.1, 0.15) is 0 Å². The number of rotatable bonds is 2. The third kappa shape index (κ3) is 1.75. The lowest BCUT2D eigenvalue weighted by Crippen LogP contribution is -2.65. The molecule has 4 atom stereocenters. The van der Waals surface area contributed by atoms with E-state index < -0.39 is 30.4 Å². The number of hydrogen-bond acceptors (Lipinski definition) is 6. The Labute approximate surface area is 74.2 Å². The van der Waals surface area contributed by atoms with Gasteiger partial charge in [-0.1, -0.05) is 0 Å². The lowest BCUT2D eigenvalue weighted by atomic mass is 9.91. The molecule has 0 spiro atoms. The summed E-state index contributed by atoms with van der Waals surface area (Å²) in [6.45, 7) is 0. The largest absolute Gasteiger partial charge is 0.388 e. The van der Waals surface area contributed by atoms with Crippen molar-refractivity contribution in [1.82, 2.24) is 5.32 Å². The highest BCUT2D eigenvalue weighted by Gasteiger charge is 2.41. The number of aliphatic hydroxyl groups excluding tert-OH is 3. The quantitative estimate of drug-likeness (QED) is 0.341. The number of nitrogens with one attached hydrogen (secondary N) is 1. The Hall–Kier alpha value is -0.820. The molecule has 6 heteroatoms. The van der Waals surface area contributed by atoms with Crippen LogP contribution in [0.5, 0.6) is 0 Å². The molecular formula is C7H11NO5. The van der Waals surface area contributed by atoms with E-state index >= 15 is 0 Å². The molecule has 1 fully saturated rings. The van der Waals surface area contributed by atoms with E-state index in [9.17, 15) is 24.9 Å². The van der Waals surface area contributed by atoms with Gasteiger partial charge in [0, 0.05) is 0 Å². The molecule has 74 valence electrons. The Kier molecular flexibility index (Phi) is 3.10. The Morgan fingerprint density at radius 1 is 0.846 bits per heavy atom. The van der Waals surface area contributed by atoms with Gasteiger partial charge >= 0.3 is 0 Å². The first kappa shape index (κ1) is 10.3. The second kappa shape index (κ2) is 3.93. The highest BCUT2D eigenvalue weighted by molar-refractivity contribution is 5.65. The van der Waals surface area contributed by atoms with E-state index in [0.717, 1.165) is 0 Å². The van der Waals surface area contributed by atoms with Crippen molar-refractivity contribution in [2.75, 3.05) is 0 Å². The van der Waals surface area contributed by atoms with Crippen LogP contribution in [0.4, 0.5) is 0 Å². The Morgan fingerprint density at radius 2 is 1.23 bits per heavy atom. The second-order valence-corrected chi connectivity index (χ2v) is 2.96. The van der Waals surface area contributed by atoms with Gasteiger partial charge in [0.1, 0.15) is 30.9 Å². The summed E-state index contributed by atoms with van der Waals surface area (Å²) >= 11 is 0. The minimum absolute atomic E-state index is 0.385. The Morgan fingerprint density at radius 3 is 1.54 bits per heavy atom. The molecule has 0 amide bonds. The molecule has 1 aliphatic rings. The fourth-order valence-electron chi connectivity index (χ4n) is 1.29. The summed E-state index contributed by atoms with van der Waals surface area (Å²) < 4.78 is 0. The van der Waals surface area contributed by atoms with Crippen LogP contribution in [-0.4, -0.2) is 58.3 Å². The molecule has 6 nitrogen and oxygen atoms in total. The van der Waals surface area contributed by atoms with Crippen LogP contribution < -0.4 is 5.32 Å². The average Bonchev–Trinajstić information content (AvgIpc) is 2.15. The van der Waals surface area contributed by atoms with Crippen molar-refractivity contribution in [3.8, 4) is 0 Å². The summed E-state index contributed by atoms with van der Waals surface area (Å²) in [7, 11) is 0. The highest BCUT2D eigenvalue weighted by atomic mass is 16.4. The van der Waals surface area contributed by atoms with Crippen molar-refractivity contribution in [2.24, 2.45) is 0 Å². The number of piperidine rings is 1. The lowest BCUT2D eigenvalue weighted by molar-refractivity contribution is -0.137. The van der Waals surface area contributed by atoms with Crippen molar-refractivity contribution >= 4 is 12.6 Å². The molecular weight excluding hydrogens is 178 g/mol. The molecule has 13 heavy (non-hydrogen) atoms. The van der Waals surface area contributed by atoms with Crippen LogP contribution in [0, 0.1) is 0 Å². The first-order valence-electron chi connectivity index (χ1n) is 3.82. The molecule has 0 aliphatic carbocycles. The van der Waals surface area contributed by atoms with E-state index in [4.69, 9.17) is 0 Å². The molecule has 0 aromatic carbocycles. The summed E-state index contributed by atoms with van der Waals surface area (Å²) in [4.78, 5) is 20.7. The molecule has 0 radical (unpaired) electrons. The molecule has 1 rings (SSSR count). The third-order valence-corrected chi connectivity index (χ3v) is 2.11. The minimum atomic E-state index is -1.48. The summed E-state index contributed by atoms with van der Waals surface area (Å²) in [5.74, 6) is 0. The molecule has 1 saturated heterocycles. The van der Waals surface area contributed by atoms with Crippen LogP contribution >= 0.6 is 0 Å². The van der Waals surface area contributed by atoms with Gasteiger partial charge in [-0.2, -0.15) is 0 Å². The van der Waals surface area contributed by atoms with Gasteiger partial charge in [-0.05, 0) is 0 Å². The average molecular weight is 189 g/mol. The maximum Gasteiger partial charge on any atom is 0.139 e. The SMILES string of the molecule is O=CC1NC(C=O)C(O)C(O)C1O. The molecule has 4 N–H and O–H groups in total. The predicted molar refractivity (Wildman–Crippen MR) is 40.9 cm³/mol. The fourth-order valence-corrected chi connectivity index (χ4v) is 1.29. The van der Waals surface area contributed by atoms with E-state index in [1.807, 2.05) is 0 Å². The van der Waals surface area contributed by atoms with Crippen molar-refractivity contribution < 1.29 is 24.9 Å². The van der Waals surface area contributed by atoms with Crippen LogP contribution in [0.3, 0.4) is 0 Å². The first-order valence-corrected chi connectivity index (χ1v) is 3.82. The standard InChI is InChI=1S/C7H11NO5/c9-1-3-5(11)7(13)6(12)4(2-10)8-3/h1-8,11-13H. The van der Waals surface area contributed by atoms with Gasteiger partial charge in [-0.25, -0.2) is 0 Å². The normalized spacial score (nSPS) is 45.6. The zero-order valence-electron chi connectivity index (χ0n) is 6.70. The zero-order chi connectivity index (χ0) is 10.0. The topological polar surface area (TPSA) is 107 Å². The first-order chi connectivity index (χ1) is 6.11. The van der Waals surface area contributed by atoms with E-state index in [1.54, 1.807) is 0 Å². The van der Waals surface area contributed by atoms with Gasteiger partial charge in [-0.3, -0.25) is 5.32 Å². The molecule has 0 aromatic rings. The van der Waals surface area contributed by atoms with Crippen LogP contribution in [-0.2, 0) is 9.59 Å². The summed E-state index contributed by atoms with van der Waals surface area (Å²) in [5.41, 5.74) is 0. The van der Waals surface area contributed by atoms with E-state index in [1.165, 1.54) is 0 Å². The van der Waals surface area contributed by atoms with Crippen LogP contribution in [0.15, 0.2) is 0 Å². The summed E-state index contributed by atoms with van der Waals surface area (Å²) in [6.07, 6.45) is -3.48. The molecule has 1 aliphatic heterocycles. The molecule has 0 bridgehead atoms. The smallest absolute Gasteiger partial charge is 0.139 e. The van der Waals surface area contributed by atoms with Crippen LogP contribution in [0.2, 0.25) is 0 Å². The minimum Gasteiger partial charge on any atom is -0.388 e. The van der Waals surface area contributed by atoms with Gasteiger partial charge in [0.05, 0.1) is 12.1 Å². The van der Waals surface area contributed by atoms with Crippen molar-refractivity contribution in [2.45, 2.75) is 30.4 Å². The highest BCUT2D eigenvalue weighted by Crippen LogP contribution is 2.13. The lowest BCUT2D eigenvalue weighted by Gasteiger charge is -2.36. The summed E-state index contributed by atoms with van der Waals surface area (Å²) in [6, 6.07) is -2.04. The number of carbonyl (C=O) groups excluding carboxylic acids is 2. The second-order valence-electron chi connectivity index (χ2n) is 2.96. The van der Waals surface area contributed by atoms with Crippen molar-refractivity contribution in [1.29, 1.82) is 0 Å². The zero-order valence-corrected chi connectivity index (χ0v) is 6.70. The Bertz CT molecular complexity index is 189. The third-order valence-electron chi connectivity index (χ3n) is 2.11. The molecule has 4 unspecified atom stereocenters. The van der Waals surface area contributed by atoms with Crippen molar-refractivity contribution in [3.05, 3.63) is 0 Å². The number of carbonyl (C=O) groups is 2. The van der Waals surface area contributed by atoms with Gasteiger partial charge in [-0.15, -0.1) is 0 Å². The molecule has 0 saturated carbocycles. The monoisotopic (exact) mass is 189 g/mol. The van der Waals surface area contributed by atoms with E-state index in [0.29, 0.717) is 12.6 Å². The molecule has 1 heterocycles. The number of hydrogen-bond donors (Lipinski definition) is 4. The number of aldehydes is 2. The summed E-state index contributed by atoms with van der Waals surface area (Å²) in [5, 5.41) is 30.0. The molecule has 0 aromatic heterocycles. The van der Waals surface area contributed by atoms with Gasteiger partial charge in [0.2, 0.25) is 0 Å². The number of aliphatic hydroxyl groups is 3. The van der Waals surface area contributed by atoms with E-state index in [-0.39, 0.29) is 0 Å². The Balaban J connectivity index is 2.77. The fraction of sp³-hybridized carbons (Fsp3) is 0.714. The maximum absolute atomic E-state index is 10.4. The van der Waals surface area contributed by atoms with Gasteiger partial charge < -0.3 is 24.9 Å².